The van der Waals surface area contributed by atoms with Gasteiger partial charge in [-0.2, -0.15) is 0 Å². The van der Waals surface area contributed by atoms with E-state index in [2.05, 4.69) is 51.8 Å². The molecule has 0 aromatic carbocycles. The van der Waals surface area contributed by atoms with E-state index in [-0.39, 0.29) is 11.2 Å². The van der Waals surface area contributed by atoms with E-state index in [1.54, 1.807) is 0 Å². The number of hydrogen-bond donors (Lipinski definition) is 1. The summed E-state index contributed by atoms with van der Waals surface area (Å²) >= 11 is 0. The minimum Gasteiger partial charge on any atom is -0.368 e. The molecule has 2 atom stereocenters. The number of ether oxygens (including phenoxy) is 1. The normalized spacial score (nSPS) is 31.9. The average Bonchev–Trinajstić information content (AvgIpc) is 3.11. The Balaban J connectivity index is 2.12. The van der Waals surface area contributed by atoms with Gasteiger partial charge in [-0.05, 0) is 60.0 Å². The maximum atomic E-state index is 6.40. The summed E-state index contributed by atoms with van der Waals surface area (Å²) in [5.74, 6) is 0.560. The van der Waals surface area contributed by atoms with Crippen LogP contribution in [-0.4, -0.2) is 47.8 Å². The highest BCUT2D eigenvalue weighted by Crippen LogP contribution is 2.43. The Morgan fingerprint density at radius 2 is 1.75 bits per heavy atom. The van der Waals surface area contributed by atoms with Crippen molar-refractivity contribution >= 4 is 0 Å². The molecule has 0 spiro atoms. The van der Waals surface area contributed by atoms with E-state index in [0.717, 1.165) is 12.6 Å². The Labute approximate surface area is 125 Å². The first-order valence-corrected chi connectivity index (χ1v) is 8.49. The van der Waals surface area contributed by atoms with Crippen LogP contribution in [0.15, 0.2) is 0 Å². The fourth-order valence-electron chi connectivity index (χ4n) is 4.04. The summed E-state index contributed by atoms with van der Waals surface area (Å²) in [5.41, 5.74) is -0.122. The molecule has 2 unspecified atom stereocenters. The van der Waals surface area contributed by atoms with Crippen molar-refractivity contribution in [3.8, 4) is 0 Å². The topological polar surface area (TPSA) is 24.5 Å². The molecule has 2 aliphatic rings. The Kier molecular flexibility index (Phi) is 4.83. The third-order valence-corrected chi connectivity index (χ3v) is 5.00. The summed E-state index contributed by atoms with van der Waals surface area (Å²) in [6, 6.07) is 1.29. The molecule has 2 rings (SSSR count). The summed E-state index contributed by atoms with van der Waals surface area (Å²) in [6.07, 6.45) is 4.03. The second-order valence-electron chi connectivity index (χ2n) is 7.68. The average molecular weight is 282 g/mol. The lowest BCUT2D eigenvalue weighted by Gasteiger charge is -2.35. The van der Waals surface area contributed by atoms with Gasteiger partial charge in [0.15, 0.2) is 0 Å². The Morgan fingerprint density at radius 1 is 1.10 bits per heavy atom. The number of likely N-dealkylation sites (N-methyl/N-ethyl adjacent to an activating group) is 1. The van der Waals surface area contributed by atoms with Crippen molar-refractivity contribution < 1.29 is 4.74 Å². The van der Waals surface area contributed by atoms with E-state index >= 15 is 0 Å². The van der Waals surface area contributed by atoms with E-state index in [1.165, 1.54) is 32.4 Å². The summed E-state index contributed by atoms with van der Waals surface area (Å²) in [5, 5.41) is 3.70. The summed E-state index contributed by atoms with van der Waals surface area (Å²) in [7, 11) is 0. The fraction of sp³-hybridized carbons (Fsp3) is 1.00. The second-order valence-corrected chi connectivity index (χ2v) is 7.68. The second kappa shape index (κ2) is 5.94. The SMILES string of the molecule is CCCN(CC1C(NCC)C(C)(C)OC1(C)C)C1CC1. The van der Waals surface area contributed by atoms with Crippen molar-refractivity contribution in [3.05, 3.63) is 0 Å². The van der Waals surface area contributed by atoms with Crippen LogP contribution in [0.1, 0.15) is 60.8 Å². The molecule has 1 N–H and O–H groups in total. The van der Waals surface area contributed by atoms with Gasteiger partial charge in [-0.1, -0.05) is 13.8 Å². The summed E-state index contributed by atoms with van der Waals surface area (Å²) < 4.78 is 6.40. The van der Waals surface area contributed by atoms with Gasteiger partial charge in [0.25, 0.3) is 0 Å². The largest absolute Gasteiger partial charge is 0.368 e. The molecule has 3 heteroatoms. The molecule has 0 amide bonds. The molecule has 1 aliphatic carbocycles. The summed E-state index contributed by atoms with van der Waals surface area (Å²) in [6.45, 7) is 16.9. The molecular formula is C17H34N2O. The van der Waals surface area contributed by atoms with Crippen LogP contribution < -0.4 is 5.32 Å². The maximum absolute atomic E-state index is 6.40. The lowest BCUT2D eigenvalue weighted by molar-refractivity contribution is -0.0797. The Bertz CT molecular complexity index is 323. The van der Waals surface area contributed by atoms with Gasteiger partial charge in [-0.25, -0.2) is 0 Å². The van der Waals surface area contributed by atoms with E-state index in [0.29, 0.717) is 12.0 Å². The van der Waals surface area contributed by atoms with Crippen molar-refractivity contribution in [2.24, 2.45) is 5.92 Å². The van der Waals surface area contributed by atoms with Crippen LogP contribution in [0.3, 0.4) is 0 Å². The maximum Gasteiger partial charge on any atom is 0.0790 e. The van der Waals surface area contributed by atoms with Gasteiger partial charge in [0.1, 0.15) is 0 Å². The van der Waals surface area contributed by atoms with Crippen molar-refractivity contribution in [3.63, 3.8) is 0 Å². The zero-order valence-corrected chi connectivity index (χ0v) is 14.3. The third kappa shape index (κ3) is 3.37. The van der Waals surface area contributed by atoms with Gasteiger partial charge in [0, 0.05) is 24.5 Å². The minimum atomic E-state index is -0.0778. The predicted molar refractivity (Wildman–Crippen MR) is 85.1 cm³/mol. The quantitative estimate of drug-likeness (QED) is 0.777. The van der Waals surface area contributed by atoms with Crippen molar-refractivity contribution in [2.45, 2.75) is 84.1 Å². The Morgan fingerprint density at radius 3 is 2.25 bits per heavy atom. The van der Waals surface area contributed by atoms with Gasteiger partial charge < -0.3 is 10.1 Å². The van der Waals surface area contributed by atoms with E-state index < -0.39 is 0 Å². The lowest BCUT2D eigenvalue weighted by atomic mass is 9.82. The van der Waals surface area contributed by atoms with Crippen molar-refractivity contribution in [2.75, 3.05) is 19.6 Å². The molecule has 1 saturated heterocycles. The van der Waals surface area contributed by atoms with Crippen LogP contribution in [0.4, 0.5) is 0 Å². The van der Waals surface area contributed by atoms with Gasteiger partial charge in [0.05, 0.1) is 11.2 Å². The highest BCUT2D eigenvalue weighted by Gasteiger charge is 2.54. The van der Waals surface area contributed by atoms with Crippen molar-refractivity contribution in [1.29, 1.82) is 0 Å². The minimum absolute atomic E-state index is 0.0444. The molecule has 1 heterocycles. The molecule has 20 heavy (non-hydrogen) atoms. The first-order valence-electron chi connectivity index (χ1n) is 8.49. The highest BCUT2D eigenvalue weighted by molar-refractivity contribution is 5.06. The number of rotatable bonds is 7. The van der Waals surface area contributed by atoms with E-state index in [9.17, 15) is 0 Å². The third-order valence-electron chi connectivity index (χ3n) is 5.00. The standard InChI is InChI=1S/C17H34N2O/c1-7-11-19(13-9-10-13)12-14-15(18-8-2)17(5,6)20-16(14,3)4/h13-15,18H,7-12H2,1-6H3. The van der Waals surface area contributed by atoms with Gasteiger partial charge >= 0.3 is 0 Å². The van der Waals surface area contributed by atoms with Crippen LogP contribution in [-0.2, 0) is 4.74 Å². The van der Waals surface area contributed by atoms with Crippen LogP contribution in [0.25, 0.3) is 0 Å². The molecule has 2 fully saturated rings. The van der Waals surface area contributed by atoms with Crippen LogP contribution >= 0.6 is 0 Å². The molecule has 0 bridgehead atoms. The van der Waals surface area contributed by atoms with E-state index in [4.69, 9.17) is 4.74 Å². The lowest BCUT2D eigenvalue weighted by Crippen LogP contribution is -2.51. The smallest absolute Gasteiger partial charge is 0.0790 e. The van der Waals surface area contributed by atoms with Gasteiger partial charge in [-0.3, -0.25) is 4.90 Å². The predicted octanol–water partition coefficient (Wildman–Crippen LogP) is 3.04. The number of nitrogens with one attached hydrogen (secondary N) is 1. The van der Waals surface area contributed by atoms with Crippen LogP contribution in [0.2, 0.25) is 0 Å². The molecule has 3 nitrogen and oxygen atoms in total. The zero-order valence-electron chi connectivity index (χ0n) is 14.3. The van der Waals surface area contributed by atoms with E-state index in [1.807, 2.05) is 0 Å². The Hall–Kier alpha value is -0.120. The molecule has 118 valence electrons. The molecule has 1 saturated carbocycles. The first-order chi connectivity index (χ1) is 9.31. The van der Waals surface area contributed by atoms with Crippen molar-refractivity contribution in [1.82, 2.24) is 10.2 Å². The molecule has 0 aromatic rings. The first kappa shape index (κ1) is 16.3. The van der Waals surface area contributed by atoms with Crippen LogP contribution in [0.5, 0.6) is 0 Å². The monoisotopic (exact) mass is 282 g/mol. The molecular weight excluding hydrogens is 248 g/mol. The fourth-order valence-corrected chi connectivity index (χ4v) is 4.04. The summed E-state index contributed by atoms with van der Waals surface area (Å²) in [4.78, 5) is 2.71. The molecule has 0 radical (unpaired) electrons. The number of hydrogen-bond acceptors (Lipinski definition) is 3. The van der Waals surface area contributed by atoms with Gasteiger partial charge in [-0.15, -0.1) is 0 Å². The molecule has 0 aromatic heterocycles. The van der Waals surface area contributed by atoms with Crippen LogP contribution in [0, 0.1) is 5.92 Å². The highest BCUT2D eigenvalue weighted by atomic mass is 16.5. The van der Waals surface area contributed by atoms with Gasteiger partial charge in [0.2, 0.25) is 0 Å². The molecule has 1 aliphatic heterocycles. The zero-order chi connectivity index (χ0) is 15.0. The number of nitrogens with zero attached hydrogens (tertiary/aromatic N) is 1.